The van der Waals surface area contributed by atoms with Crippen molar-refractivity contribution in [2.75, 3.05) is 5.32 Å². The molecule has 0 saturated heterocycles. The summed E-state index contributed by atoms with van der Waals surface area (Å²) in [6.45, 7) is 3.66. The molecule has 0 aliphatic rings. The van der Waals surface area contributed by atoms with Crippen LogP contribution < -0.4 is 11.1 Å². The van der Waals surface area contributed by atoms with Gasteiger partial charge in [-0.3, -0.25) is 4.79 Å². The third kappa shape index (κ3) is 3.46. The molecule has 0 bridgehead atoms. The molecule has 1 aromatic rings. The average Bonchev–Trinajstić information content (AvgIpc) is 2.29. The van der Waals surface area contributed by atoms with E-state index in [-0.39, 0.29) is 5.91 Å². The molecule has 4 nitrogen and oxygen atoms in total. The first kappa shape index (κ1) is 14.5. The zero-order chi connectivity index (χ0) is 13.8. The van der Waals surface area contributed by atoms with E-state index in [0.29, 0.717) is 22.7 Å². The van der Waals surface area contributed by atoms with Gasteiger partial charge in [0, 0.05) is 5.69 Å². The van der Waals surface area contributed by atoms with Gasteiger partial charge in [0.1, 0.15) is 6.07 Å². The highest BCUT2D eigenvalue weighted by atomic mass is 35.5. The van der Waals surface area contributed by atoms with Gasteiger partial charge in [-0.1, -0.05) is 24.9 Å². The normalized spacial score (nSPS) is 13.5. The Labute approximate surface area is 112 Å². The first-order chi connectivity index (χ1) is 8.40. The number of nitrogens with two attached hydrogens (primary N) is 1. The minimum Gasteiger partial charge on any atom is -0.324 e. The molecule has 0 aliphatic carbocycles. The van der Waals surface area contributed by atoms with Crippen LogP contribution in [0.15, 0.2) is 18.2 Å². The quantitative estimate of drug-likeness (QED) is 0.878. The van der Waals surface area contributed by atoms with Crippen molar-refractivity contribution in [2.45, 2.75) is 32.2 Å². The van der Waals surface area contributed by atoms with Crippen LogP contribution in [0, 0.1) is 11.3 Å². The first-order valence-electron chi connectivity index (χ1n) is 5.70. The second kappa shape index (κ2) is 5.85. The largest absolute Gasteiger partial charge is 0.324 e. The molecule has 1 amide bonds. The van der Waals surface area contributed by atoms with Crippen LogP contribution in [0.3, 0.4) is 0 Å². The van der Waals surface area contributed by atoms with E-state index >= 15 is 0 Å². The van der Waals surface area contributed by atoms with Crippen molar-refractivity contribution in [3.8, 4) is 6.07 Å². The van der Waals surface area contributed by atoms with E-state index in [2.05, 4.69) is 5.32 Å². The van der Waals surface area contributed by atoms with E-state index in [4.69, 9.17) is 22.6 Å². The van der Waals surface area contributed by atoms with Gasteiger partial charge in [0.2, 0.25) is 5.91 Å². The van der Waals surface area contributed by atoms with E-state index in [1.165, 1.54) is 0 Å². The van der Waals surface area contributed by atoms with Crippen LogP contribution >= 0.6 is 11.6 Å². The highest BCUT2D eigenvalue weighted by molar-refractivity contribution is 6.32. The molecule has 0 aromatic heterocycles. The number of carbonyl (C=O) groups is 1. The maximum absolute atomic E-state index is 11.9. The summed E-state index contributed by atoms with van der Waals surface area (Å²) in [6.07, 6.45) is 1.43. The molecule has 0 heterocycles. The van der Waals surface area contributed by atoms with Crippen molar-refractivity contribution < 1.29 is 4.79 Å². The molecular formula is C13H16ClN3O. The van der Waals surface area contributed by atoms with Crippen molar-refractivity contribution in [3.05, 3.63) is 28.8 Å². The summed E-state index contributed by atoms with van der Waals surface area (Å²) in [5.74, 6) is -0.259. The van der Waals surface area contributed by atoms with Crippen LogP contribution in [0.5, 0.6) is 0 Å². The molecule has 0 fully saturated rings. The van der Waals surface area contributed by atoms with Crippen molar-refractivity contribution in [1.82, 2.24) is 0 Å². The average molecular weight is 266 g/mol. The molecule has 1 rings (SSSR count). The lowest BCUT2D eigenvalue weighted by Crippen LogP contribution is -2.48. The summed E-state index contributed by atoms with van der Waals surface area (Å²) in [4.78, 5) is 11.9. The Balaban J connectivity index is 2.83. The van der Waals surface area contributed by atoms with E-state index in [9.17, 15) is 4.79 Å². The number of carbonyl (C=O) groups excluding carboxylic acids is 1. The maximum Gasteiger partial charge on any atom is 0.244 e. The molecule has 3 N–H and O–H groups in total. The fourth-order valence-electron chi connectivity index (χ4n) is 1.59. The summed E-state index contributed by atoms with van der Waals surface area (Å²) in [5.41, 5.74) is 5.92. The fourth-order valence-corrected chi connectivity index (χ4v) is 1.81. The Bertz CT molecular complexity index is 491. The predicted octanol–water partition coefficient (Wildman–Crippen LogP) is 2.67. The number of hydrogen-bond donors (Lipinski definition) is 2. The molecule has 0 aliphatic heterocycles. The van der Waals surface area contributed by atoms with E-state index < -0.39 is 5.54 Å². The van der Waals surface area contributed by atoms with Gasteiger partial charge in [-0.05, 0) is 31.5 Å². The van der Waals surface area contributed by atoms with Gasteiger partial charge >= 0.3 is 0 Å². The second-order valence-electron chi connectivity index (χ2n) is 4.43. The predicted molar refractivity (Wildman–Crippen MR) is 72.3 cm³/mol. The van der Waals surface area contributed by atoms with Gasteiger partial charge in [-0.15, -0.1) is 0 Å². The third-order valence-corrected chi connectivity index (χ3v) is 2.95. The highest BCUT2D eigenvalue weighted by Gasteiger charge is 2.27. The fraction of sp³-hybridized carbons (Fsp3) is 0.385. The molecular weight excluding hydrogens is 250 g/mol. The summed E-state index contributed by atoms with van der Waals surface area (Å²) >= 11 is 5.88. The third-order valence-electron chi connectivity index (χ3n) is 2.64. The lowest BCUT2D eigenvalue weighted by Gasteiger charge is -2.22. The standard InChI is InChI=1S/C13H16ClN3O/c1-3-6-13(2,16)12(18)17-10-5-4-9(8-15)11(14)7-10/h4-5,7H,3,6,16H2,1-2H3,(H,17,18). The zero-order valence-corrected chi connectivity index (χ0v) is 11.2. The lowest BCUT2D eigenvalue weighted by atomic mass is 9.96. The molecule has 1 aromatic carbocycles. The number of hydrogen-bond acceptors (Lipinski definition) is 3. The number of nitrogens with zero attached hydrogens (tertiary/aromatic N) is 1. The Hall–Kier alpha value is -1.57. The molecule has 1 atom stereocenters. The smallest absolute Gasteiger partial charge is 0.244 e. The van der Waals surface area contributed by atoms with Crippen LogP contribution in [-0.2, 0) is 4.79 Å². The Morgan fingerprint density at radius 3 is 2.78 bits per heavy atom. The lowest BCUT2D eigenvalue weighted by molar-refractivity contribution is -0.120. The van der Waals surface area contributed by atoms with Gasteiger partial charge in [0.15, 0.2) is 0 Å². The van der Waals surface area contributed by atoms with E-state index in [1.54, 1.807) is 25.1 Å². The number of amides is 1. The topological polar surface area (TPSA) is 78.9 Å². The minimum atomic E-state index is -0.908. The molecule has 18 heavy (non-hydrogen) atoms. The molecule has 0 radical (unpaired) electrons. The van der Waals surface area contributed by atoms with Crippen LogP contribution in [0.4, 0.5) is 5.69 Å². The maximum atomic E-state index is 11.9. The van der Waals surface area contributed by atoms with Gasteiger partial charge in [-0.25, -0.2) is 0 Å². The zero-order valence-electron chi connectivity index (χ0n) is 10.5. The summed E-state index contributed by atoms with van der Waals surface area (Å²) in [7, 11) is 0. The number of halogens is 1. The van der Waals surface area contributed by atoms with E-state index in [1.807, 2.05) is 13.0 Å². The molecule has 96 valence electrons. The molecule has 5 heteroatoms. The van der Waals surface area contributed by atoms with Crippen LogP contribution in [0.1, 0.15) is 32.3 Å². The van der Waals surface area contributed by atoms with Crippen LogP contribution in [-0.4, -0.2) is 11.4 Å². The van der Waals surface area contributed by atoms with Crippen molar-refractivity contribution in [1.29, 1.82) is 5.26 Å². The molecule has 0 spiro atoms. The minimum absolute atomic E-state index is 0.259. The van der Waals surface area contributed by atoms with E-state index in [0.717, 1.165) is 6.42 Å². The van der Waals surface area contributed by atoms with Crippen molar-refractivity contribution >= 4 is 23.2 Å². The monoisotopic (exact) mass is 265 g/mol. The SMILES string of the molecule is CCCC(C)(N)C(=O)Nc1ccc(C#N)c(Cl)c1. The number of anilines is 1. The number of nitrogens with one attached hydrogen (secondary N) is 1. The van der Waals surface area contributed by atoms with Gasteiger partial charge in [0.05, 0.1) is 16.1 Å². The summed E-state index contributed by atoms with van der Waals surface area (Å²) < 4.78 is 0. The molecule has 0 saturated carbocycles. The number of nitriles is 1. The second-order valence-corrected chi connectivity index (χ2v) is 4.84. The Morgan fingerprint density at radius 2 is 2.28 bits per heavy atom. The summed E-state index contributed by atoms with van der Waals surface area (Å²) in [5, 5.41) is 11.8. The Morgan fingerprint density at radius 1 is 1.61 bits per heavy atom. The highest BCUT2D eigenvalue weighted by Crippen LogP contribution is 2.21. The number of rotatable bonds is 4. The van der Waals surface area contributed by atoms with Gasteiger partial charge in [0.25, 0.3) is 0 Å². The van der Waals surface area contributed by atoms with Gasteiger partial charge in [-0.2, -0.15) is 5.26 Å². The van der Waals surface area contributed by atoms with Crippen molar-refractivity contribution in [2.24, 2.45) is 5.73 Å². The van der Waals surface area contributed by atoms with Crippen LogP contribution in [0.25, 0.3) is 0 Å². The van der Waals surface area contributed by atoms with Gasteiger partial charge < -0.3 is 11.1 Å². The van der Waals surface area contributed by atoms with Crippen LogP contribution in [0.2, 0.25) is 5.02 Å². The first-order valence-corrected chi connectivity index (χ1v) is 6.08. The Kier molecular flexibility index (Phi) is 4.71. The van der Waals surface area contributed by atoms with Crippen molar-refractivity contribution in [3.63, 3.8) is 0 Å². The number of benzene rings is 1. The summed E-state index contributed by atoms with van der Waals surface area (Å²) in [6, 6.07) is 6.69. The molecule has 1 unspecified atom stereocenters.